The van der Waals surface area contributed by atoms with Gasteiger partial charge in [0.1, 0.15) is 0 Å². The van der Waals surface area contributed by atoms with Crippen LogP contribution in [-0.4, -0.2) is 124 Å². The first-order valence-electron chi connectivity index (χ1n) is 15.4. The van der Waals surface area contributed by atoms with Crippen LogP contribution in [0, 0.1) is 0 Å². The molecule has 12 heteroatoms. The lowest BCUT2D eigenvalue weighted by atomic mass is 10.1. The van der Waals surface area contributed by atoms with Crippen molar-refractivity contribution < 1.29 is 69.5 Å². The Balaban J connectivity index is -0.00000722. The molecule has 0 N–H and O–H groups in total. The Morgan fingerprint density at radius 2 is 0.561 bits per heavy atom. The maximum absolute atomic E-state index is 5.51. The fourth-order valence-corrected chi connectivity index (χ4v) is 9.03. The topological polar surface area (TPSA) is 55.4 Å². The van der Waals surface area contributed by atoms with Gasteiger partial charge in [-0.25, -0.2) is 0 Å². The molecule has 8 nitrogen and oxygen atoms in total. The molecule has 0 saturated carbocycles. The van der Waals surface area contributed by atoms with Gasteiger partial charge >= 0.3 is 17.6 Å². The van der Waals surface area contributed by atoms with E-state index in [1.807, 2.05) is 0 Å². The molecule has 0 aliphatic carbocycles. The van der Waals surface area contributed by atoms with Gasteiger partial charge in [0.15, 0.2) is 0 Å². The van der Waals surface area contributed by atoms with Crippen LogP contribution in [0.5, 0.6) is 0 Å². The van der Waals surface area contributed by atoms with E-state index in [2.05, 4.69) is 28.2 Å². The van der Waals surface area contributed by atoms with Gasteiger partial charge in [-0.15, -0.1) is 0 Å². The van der Waals surface area contributed by atoms with Crippen molar-refractivity contribution in [3.63, 3.8) is 0 Å². The largest absolute Gasteiger partial charge is 1.00 e. The molecule has 0 atom stereocenters. The van der Waals surface area contributed by atoms with Crippen molar-refractivity contribution in [2.45, 2.75) is 95.6 Å². The quantitative estimate of drug-likeness (QED) is 0.0637. The van der Waals surface area contributed by atoms with Crippen molar-refractivity contribution in [3.8, 4) is 0 Å². The van der Waals surface area contributed by atoms with Crippen LogP contribution < -0.4 is 34.0 Å². The third-order valence-electron chi connectivity index (χ3n) is 8.39. The standard InChI is InChI=1S/C29H68N2O6Si2.2BrH/c1-30(2,24-19-15-11-13-17-21-28-38(32-5,33-6)34-7)26-23-27-31(3,4)25-20-16-12-14-18-22-29-39(35-8,36-9)37-10;;/h11-29H2,1-10H3;2*1H/q+2;;/p-2. The molecule has 0 aliphatic rings. The molecular weight excluding hydrogens is 688 g/mol. The zero-order valence-corrected chi connectivity index (χ0v) is 33.7. The lowest BCUT2D eigenvalue weighted by Gasteiger charge is -2.33. The highest BCUT2D eigenvalue weighted by Crippen LogP contribution is 2.20. The fraction of sp³-hybridized carbons (Fsp3) is 1.00. The molecule has 0 fully saturated rings. The highest BCUT2D eigenvalue weighted by molar-refractivity contribution is 6.60. The number of halogens is 2. The zero-order chi connectivity index (χ0) is 29.7. The predicted molar refractivity (Wildman–Crippen MR) is 167 cm³/mol. The molecule has 0 radical (unpaired) electrons. The van der Waals surface area contributed by atoms with Crippen LogP contribution in [-0.2, 0) is 26.6 Å². The van der Waals surface area contributed by atoms with Gasteiger partial charge in [-0.3, -0.25) is 0 Å². The predicted octanol–water partition coefficient (Wildman–Crippen LogP) is -0.0253. The van der Waals surface area contributed by atoms with Gasteiger partial charge in [0.05, 0.1) is 54.4 Å². The normalized spacial score (nSPS) is 12.7. The molecular formula is C29H68Br2N2O6Si2. The number of rotatable bonds is 28. The van der Waals surface area contributed by atoms with E-state index in [0.717, 1.165) is 33.9 Å². The molecule has 0 bridgehead atoms. The van der Waals surface area contributed by atoms with Gasteiger partial charge in [-0.2, -0.15) is 0 Å². The summed E-state index contributed by atoms with van der Waals surface area (Å²) in [5.41, 5.74) is 0. The highest BCUT2D eigenvalue weighted by atomic mass is 79.9. The van der Waals surface area contributed by atoms with Crippen molar-refractivity contribution in [2.24, 2.45) is 0 Å². The maximum atomic E-state index is 5.51. The summed E-state index contributed by atoms with van der Waals surface area (Å²) < 4.78 is 35.4. The molecule has 0 aromatic rings. The van der Waals surface area contributed by atoms with Gasteiger partial charge in [-0.1, -0.05) is 38.5 Å². The molecule has 0 unspecified atom stereocenters. The number of unbranched alkanes of at least 4 members (excludes halogenated alkanes) is 10. The average Bonchev–Trinajstić information content (AvgIpc) is 2.92. The summed E-state index contributed by atoms with van der Waals surface area (Å²) in [6.07, 6.45) is 16.5. The first-order chi connectivity index (χ1) is 18.5. The molecule has 0 saturated heterocycles. The van der Waals surface area contributed by atoms with Gasteiger partial charge in [0, 0.05) is 61.2 Å². The third-order valence-corrected chi connectivity index (χ3v) is 14.0. The van der Waals surface area contributed by atoms with Gasteiger partial charge in [0.25, 0.3) is 0 Å². The molecule has 0 heterocycles. The first-order valence-corrected chi connectivity index (χ1v) is 19.3. The number of hydrogen-bond acceptors (Lipinski definition) is 6. The molecule has 0 spiro atoms. The maximum Gasteiger partial charge on any atom is 0.500 e. The van der Waals surface area contributed by atoms with Crippen LogP contribution in [0.2, 0.25) is 12.1 Å². The summed E-state index contributed by atoms with van der Waals surface area (Å²) in [6, 6.07) is 1.83. The Labute approximate surface area is 278 Å². The number of nitrogens with zero attached hydrogens (tertiary/aromatic N) is 2. The van der Waals surface area contributed by atoms with Crippen LogP contribution in [0.4, 0.5) is 0 Å². The van der Waals surface area contributed by atoms with E-state index in [9.17, 15) is 0 Å². The van der Waals surface area contributed by atoms with Crippen LogP contribution in [0.1, 0.15) is 83.5 Å². The number of hydrogen-bond donors (Lipinski definition) is 0. The molecule has 0 aliphatic heterocycles. The van der Waals surface area contributed by atoms with Crippen molar-refractivity contribution >= 4 is 17.6 Å². The molecule has 41 heavy (non-hydrogen) atoms. The van der Waals surface area contributed by atoms with Crippen LogP contribution in [0.15, 0.2) is 0 Å². The van der Waals surface area contributed by atoms with E-state index in [1.165, 1.54) is 96.8 Å². The molecule has 0 aromatic carbocycles. The fourth-order valence-electron chi connectivity index (χ4n) is 5.44. The smallest absolute Gasteiger partial charge is 0.500 e. The monoisotopic (exact) mass is 754 g/mol. The molecule has 0 amide bonds. The first kappa shape index (κ1) is 46.5. The second-order valence-corrected chi connectivity index (χ2v) is 18.6. The Bertz CT molecular complexity index is 523. The second-order valence-electron chi connectivity index (χ2n) is 12.5. The zero-order valence-electron chi connectivity index (χ0n) is 28.5. The Kier molecular flexibility index (Phi) is 29.8. The lowest BCUT2D eigenvalue weighted by Crippen LogP contribution is -3.00. The molecule has 0 aromatic heterocycles. The van der Waals surface area contributed by atoms with Crippen LogP contribution in [0.3, 0.4) is 0 Å². The molecule has 252 valence electrons. The minimum absolute atomic E-state index is 0. The van der Waals surface area contributed by atoms with E-state index >= 15 is 0 Å². The van der Waals surface area contributed by atoms with Crippen LogP contribution in [0.25, 0.3) is 0 Å². The Hall–Kier alpha value is 1.07. The summed E-state index contributed by atoms with van der Waals surface area (Å²) in [7, 11) is 15.1. The summed E-state index contributed by atoms with van der Waals surface area (Å²) >= 11 is 0. The summed E-state index contributed by atoms with van der Waals surface area (Å²) in [4.78, 5) is 0. The minimum atomic E-state index is -2.38. The SMILES string of the molecule is CO[Si](CCCCCCCC[N+](C)(C)CCC[N+](C)(C)CCCCCCCC[Si](OC)(OC)OC)(OC)OC.[Br-].[Br-]. The van der Waals surface area contributed by atoms with Crippen molar-refractivity contribution in [1.29, 1.82) is 0 Å². The van der Waals surface area contributed by atoms with Gasteiger partial charge in [0.2, 0.25) is 0 Å². The molecule has 0 rings (SSSR count). The minimum Gasteiger partial charge on any atom is -1.00 e. The van der Waals surface area contributed by atoms with Crippen molar-refractivity contribution in [1.82, 2.24) is 0 Å². The van der Waals surface area contributed by atoms with Crippen LogP contribution >= 0.6 is 0 Å². The Morgan fingerprint density at radius 3 is 0.829 bits per heavy atom. The third kappa shape index (κ3) is 22.3. The van der Waals surface area contributed by atoms with E-state index < -0.39 is 17.6 Å². The Morgan fingerprint density at radius 1 is 0.341 bits per heavy atom. The van der Waals surface area contributed by atoms with E-state index in [1.54, 1.807) is 42.7 Å². The average molecular weight is 757 g/mol. The second kappa shape index (κ2) is 26.3. The van der Waals surface area contributed by atoms with E-state index in [0.29, 0.717) is 0 Å². The number of quaternary nitrogens is 2. The lowest BCUT2D eigenvalue weighted by molar-refractivity contribution is -0.909. The summed E-state index contributed by atoms with van der Waals surface area (Å²) in [6.45, 7) is 5.11. The summed E-state index contributed by atoms with van der Waals surface area (Å²) in [5, 5.41) is 0. The highest BCUT2D eigenvalue weighted by Gasteiger charge is 2.37. The summed E-state index contributed by atoms with van der Waals surface area (Å²) in [5.74, 6) is 0. The van der Waals surface area contributed by atoms with E-state index in [4.69, 9.17) is 26.6 Å². The van der Waals surface area contributed by atoms with Crippen molar-refractivity contribution in [2.75, 3.05) is 97.0 Å². The van der Waals surface area contributed by atoms with Gasteiger partial charge in [-0.05, 0) is 38.5 Å². The van der Waals surface area contributed by atoms with E-state index in [-0.39, 0.29) is 34.0 Å². The van der Waals surface area contributed by atoms with Crippen molar-refractivity contribution in [3.05, 3.63) is 0 Å². The van der Waals surface area contributed by atoms with Gasteiger partial charge < -0.3 is 69.5 Å².